The van der Waals surface area contributed by atoms with Crippen molar-refractivity contribution in [3.63, 3.8) is 0 Å². The molecule has 3 N–H and O–H groups in total. The minimum atomic E-state index is -0.136. The van der Waals surface area contributed by atoms with Crippen LogP contribution in [0.25, 0.3) is 0 Å². The summed E-state index contributed by atoms with van der Waals surface area (Å²) >= 11 is 0. The van der Waals surface area contributed by atoms with Gasteiger partial charge in [-0.05, 0) is 19.8 Å². The zero-order chi connectivity index (χ0) is 11.5. The Bertz CT molecular complexity index is 320. The Hall–Kier alpha value is -1.16. The molecule has 0 unspecified atom stereocenters. The molecule has 84 valence electrons. The second-order valence-electron chi connectivity index (χ2n) is 4.70. The Labute approximate surface area is 91.3 Å². The second-order valence-corrected chi connectivity index (χ2v) is 4.70. The molecular formula is C11H20N4. The fourth-order valence-corrected chi connectivity index (χ4v) is 1.15. The van der Waals surface area contributed by atoms with Crippen LogP contribution in [0, 0.1) is 0 Å². The van der Waals surface area contributed by atoms with Gasteiger partial charge in [0.25, 0.3) is 0 Å². The number of rotatable bonds is 4. The summed E-state index contributed by atoms with van der Waals surface area (Å²) in [6.45, 7) is 8.88. The van der Waals surface area contributed by atoms with E-state index in [1.54, 1.807) is 6.33 Å². The molecule has 15 heavy (non-hydrogen) atoms. The van der Waals surface area contributed by atoms with Crippen LogP contribution in [0.2, 0.25) is 0 Å². The summed E-state index contributed by atoms with van der Waals surface area (Å²) in [5.41, 5.74) is 6.55. The highest BCUT2D eigenvalue weighted by molar-refractivity contribution is 5.38. The molecule has 0 radical (unpaired) electrons. The van der Waals surface area contributed by atoms with Crippen molar-refractivity contribution >= 4 is 5.82 Å². The molecule has 0 saturated carbocycles. The number of nitrogens with zero attached hydrogens (tertiary/aromatic N) is 2. The monoisotopic (exact) mass is 208 g/mol. The normalized spacial score (nSPS) is 11.9. The van der Waals surface area contributed by atoms with Gasteiger partial charge >= 0.3 is 0 Å². The van der Waals surface area contributed by atoms with E-state index in [9.17, 15) is 0 Å². The summed E-state index contributed by atoms with van der Waals surface area (Å²) in [6, 6.07) is 1.97. The number of aromatic nitrogens is 2. The average molecular weight is 208 g/mol. The van der Waals surface area contributed by atoms with Crippen LogP contribution in [0.5, 0.6) is 0 Å². The van der Waals surface area contributed by atoms with Crippen molar-refractivity contribution in [1.29, 1.82) is 0 Å². The van der Waals surface area contributed by atoms with Crippen LogP contribution in [0.15, 0.2) is 12.4 Å². The van der Waals surface area contributed by atoms with E-state index in [0.29, 0.717) is 12.5 Å². The maximum Gasteiger partial charge on any atom is 0.130 e. The van der Waals surface area contributed by atoms with Crippen molar-refractivity contribution < 1.29 is 0 Å². The van der Waals surface area contributed by atoms with E-state index in [-0.39, 0.29) is 5.54 Å². The molecule has 0 aromatic carbocycles. The van der Waals surface area contributed by atoms with Gasteiger partial charge in [0.05, 0.1) is 0 Å². The summed E-state index contributed by atoms with van der Waals surface area (Å²) in [6.07, 6.45) is 1.59. The fourth-order valence-electron chi connectivity index (χ4n) is 1.15. The van der Waals surface area contributed by atoms with Crippen molar-refractivity contribution in [2.45, 2.75) is 39.2 Å². The van der Waals surface area contributed by atoms with Gasteiger partial charge < -0.3 is 11.1 Å². The lowest BCUT2D eigenvalue weighted by molar-refractivity contribution is 0.576. The SMILES string of the molecule is CC(C)c1cc(NC(C)(C)CN)ncn1. The molecule has 0 aliphatic heterocycles. The highest BCUT2D eigenvalue weighted by atomic mass is 15.1. The van der Waals surface area contributed by atoms with Crippen LogP contribution < -0.4 is 11.1 Å². The lowest BCUT2D eigenvalue weighted by atomic mass is 10.1. The molecule has 0 aliphatic rings. The molecule has 0 saturated heterocycles. The zero-order valence-corrected chi connectivity index (χ0v) is 9.91. The summed E-state index contributed by atoms with van der Waals surface area (Å²) in [5, 5.41) is 3.29. The van der Waals surface area contributed by atoms with E-state index in [4.69, 9.17) is 5.73 Å². The summed E-state index contributed by atoms with van der Waals surface area (Å²) in [7, 11) is 0. The van der Waals surface area contributed by atoms with E-state index >= 15 is 0 Å². The predicted octanol–water partition coefficient (Wildman–Crippen LogP) is 1.75. The minimum absolute atomic E-state index is 0.136. The molecule has 4 nitrogen and oxygen atoms in total. The first-order chi connectivity index (χ1) is 6.94. The lowest BCUT2D eigenvalue weighted by Crippen LogP contribution is -2.39. The molecule has 0 spiro atoms. The van der Waals surface area contributed by atoms with Crippen molar-refractivity contribution in [2.24, 2.45) is 5.73 Å². The van der Waals surface area contributed by atoms with E-state index in [0.717, 1.165) is 11.5 Å². The Balaban J connectivity index is 2.82. The van der Waals surface area contributed by atoms with Crippen LogP contribution in [0.4, 0.5) is 5.82 Å². The summed E-state index contributed by atoms with van der Waals surface area (Å²) < 4.78 is 0. The smallest absolute Gasteiger partial charge is 0.130 e. The third-order valence-electron chi connectivity index (χ3n) is 2.26. The first-order valence-electron chi connectivity index (χ1n) is 5.25. The molecule has 0 fully saturated rings. The molecule has 0 aliphatic carbocycles. The number of nitrogens with two attached hydrogens (primary N) is 1. The van der Waals surface area contributed by atoms with Crippen molar-refractivity contribution in [3.8, 4) is 0 Å². The summed E-state index contributed by atoms with van der Waals surface area (Å²) in [5.74, 6) is 1.25. The quantitative estimate of drug-likeness (QED) is 0.791. The molecular weight excluding hydrogens is 188 g/mol. The Morgan fingerprint density at radius 2 is 2.07 bits per heavy atom. The molecule has 1 heterocycles. The number of hydrogen-bond acceptors (Lipinski definition) is 4. The van der Waals surface area contributed by atoms with Crippen LogP contribution in [0.3, 0.4) is 0 Å². The lowest BCUT2D eigenvalue weighted by Gasteiger charge is -2.25. The fraction of sp³-hybridized carbons (Fsp3) is 0.636. The summed E-state index contributed by atoms with van der Waals surface area (Å²) in [4.78, 5) is 8.39. The van der Waals surface area contributed by atoms with Gasteiger partial charge in [0, 0.05) is 23.8 Å². The van der Waals surface area contributed by atoms with E-state index in [1.807, 2.05) is 19.9 Å². The molecule has 0 bridgehead atoms. The maximum absolute atomic E-state index is 5.65. The molecule has 1 rings (SSSR count). The van der Waals surface area contributed by atoms with Crippen LogP contribution >= 0.6 is 0 Å². The molecule has 1 aromatic heterocycles. The van der Waals surface area contributed by atoms with Crippen LogP contribution in [-0.2, 0) is 0 Å². The first kappa shape index (κ1) is 11.9. The van der Waals surface area contributed by atoms with Gasteiger partial charge in [-0.25, -0.2) is 9.97 Å². The number of nitrogens with one attached hydrogen (secondary N) is 1. The van der Waals surface area contributed by atoms with Gasteiger partial charge in [-0.2, -0.15) is 0 Å². The maximum atomic E-state index is 5.65. The van der Waals surface area contributed by atoms with Crippen LogP contribution in [0.1, 0.15) is 39.3 Å². The highest BCUT2D eigenvalue weighted by Crippen LogP contribution is 2.16. The third-order valence-corrected chi connectivity index (χ3v) is 2.26. The van der Waals surface area contributed by atoms with E-state index < -0.39 is 0 Å². The topological polar surface area (TPSA) is 63.8 Å². The third kappa shape index (κ3) is 3.47. The van der Waals surface area contributed by atoms with Crippen molar-refractivity contribution in [3.05, 3.63) is 18.1 Å². The number of anilines is 1. The van der Waals surface area contributed by atoms with Gasteiger partial charge in [0.2, 0.25) is 0 Å². The zero-order valence-electron chi connectivity index (χ0n) is 9.91. The van der Waals surface area contributed by atoms with Gasteiger partial charge in [-0.3, -0.25) is 0 Å². The minimum Gasteiger partial charge on any atom is -0.364 e. The molecule has 1 aromatic rings. The van der Waals surface area contributed by atoms with Gasteiger partial charge in [0.15, 0.2) is 0 Å². The number of hydrogen-bond donors (Lipinski definition) is 2. The van der Waals surface area contributed by atoms with E-state index in [2.05, 4.69) is 29.1 Å². The predicted molar refractivity (Wildman–Crippen MR) is 62.9 cm³/mol. The standard InChI is InChI=1S/C11H20N4/c1-8(2)9-5-10(14-7-13-9)15-11(3,4)6-12/h5,7-8H,6,12H2,1-4H3,(H,13,14,15). The molecule has 0 amide bonds. The molecule has 0 atom stereocenters. The molecule has 4 heteroatoms. The first-order valence-corrected chi connectivity index (χ1v) is 5.25. The largest absolute Gasteiger partial charge is 0.364 e. The Morgan fingerprint density at radius 3 is 2.60 bits per heavy atom. The Morgan fingerprint density at radius 1 is 1.40 bits per heavy atom. The van der Waals surface area contributed by atoms with Crippen LogP contribution in [-0.4, -0.2) is 22.1 Å². The second kappa shape index (κ2) is 4.57. The Kier molecular flexibility index (Phi) is 3.63. The average Bonchev–Trinajstić information content (AvgIpc) is 2.17. The van der Waals surface area contributed by atoms with E-state index in [1.165, 1.54) is 0 Å². The van der Waals surface area contributed by atoms with Crippen molar-refractivity contribution in [1.82, 2.24) is 9.97 Å². The van der Waals surface area contributed by atoms with Gasteiger partial charge in [0.1, 0.15) is 12.1 Å². The van der Waals surface area contributed by atoms with Crippen molar-refractivity contribution in [2.75, 3.05) is 11.9 Å². The van der Waals surface area contributed by atoms with Gasteiger partial charge in [-0.15, -0.1) is 0 Å². The van der Waals surface area contributed by atoms with Gasteiger partial charge in [-0.1, -0.05) is 13.8 Å². The highest BCUT2D eigenvalue weighted by Gasteiger charge is 2.15.